The predicted octanol–water partition coefficient (Wildman–Crippen LogP) is 0.141. The number of nitrogen functional groups attached to an aromatic ring is 1. The van der Waals surface area contributed by atoms with E-state index < -0.39 is 10.0 Å². The van der Waals surface area contributed by atoms with Crippen LogP contribution < -0.4 is 15.8 Å². The van der Waals surface area contributed by atoms with Crippen LogP contribution in [0.2, 0.25) is 0 Å². The minimum atomic E-state index is -3.70. The van der Waals surface area contributed by atoms with Gasteiger partial charge in [-0.05, 0) is 24.6 Å². The van der Waals surface area contributed by atoms with Crippen molar-refractivity contribution in [2.75, 3.05) is 30.8 Å². The molecule has 0 spiro atoms. The molecule has 4 N–H and O–H groups in total. The average Bonchev–Trinajstić information content (AvgIpc) is 2.76. The summed E-state index contributed by atoms with van der Waals surface area (Å²) in [6.45, 7) is 1.49. The Balaban J connectivity index is 2.33. The van der Waals surface area contributed by atoms with Gasteiger partial charge in [0.2, 0.25) is 10.0 Å². The maximum atomic E-state index is 11.3. The molecule has 0 amide bonds. The number of hydrogen-bond donors (Lipinski definition) is 2. The molecule has 1 heterocycles. The standard InChI is InChI=1S/C11H17N3O3S/c1-17-8-4-5-14(7-8)11-6-9(18(13,15)16)2-3-10(11)12/h2-3,6,8H,4-5,7,12H2,1H3,(H2,13,15,16). The van der Waals surface area contributed by atoms with E-state index in [-0.39, 0.29) is 11.0 Å². The van der Waals surface area contributed by atoms with Crippen LogP contribution in [0, 0.1) is 0 Å². The second kappa shape index (κ2) is 4.75. The third-order valence-corrected chi connectivity index (χ3v) is 4.06. The molecule has 1 aromatic rings. The smallest absolute Gasteiger partial charge is 0.238 e. The lowest BCUT2D eigenvalue weighted by molar-refractivity contribution is 0.121. The summed E-state index contributed by atoms with van der Waals surface area (Å²) in [5.74, 6) is 0. The number of nitrogens with two attached hydrogens (primary N) is 2. The molecule has 0 aromatic heterocycles. The van der Waals surface area contributed by atoms with Crippen LogP contribution in [0.1, 0.15) is 6.42 Å². The summed E-state index contributed by atoms with van der Waals surface area (Å²) >= 11 is 0. The summed E-state index contributed by atoms with van der Waals surface area (Å²) in [5, 5.41) is 5.12. The fraction of sp³-hybridized carbons (Fsp3) is 0.455. The molecule has 0 bridgehead atoms. The third-order valence-electron chi connectivity index (χ3n) is 3.15. The molecule has 1 atom stereocenters. The van der Waals surface area contributed by atoms with Gasteiger partial charge in [-0.1, -0.05) is 0 Å². The maximum absolute atomic E-state index is 11.3. The van der Waals surface area contributed by atoms with E-state index in [9.17, 15) is 8.42 Å². The van der Waals surface area contributed by atoms with Crippen LogP contribution in [0.4, 0.5) is 11.4 Å². The molecule has 1 aliphatic heterocycles. The van der Waals surface area contributed by atoms with Crippen LogP contribution in [0.25, 0.3) is 0 Å². The number of hydrogen-bond acceptors (Lipinski definition) is 5. The van der Waals surface area contributed by atoms with Gasteiger partial charge in [-0.25, -0.2) is 13.6 Å². The molecule has 0 radical (unpaired) electrons. The van der Waals surface area contributed by atoms with Crippen molar-refractivity contribution in [2.45, 2.75) is 17.4 Å². The number of benzene rings is 1. The largest absolute Gasteiger partial charge is 0.397 e. The molecule has 1 saturated heterocycles. The Bertz CT molecular complexity index is 544. The molecule has 1 aliphatic rings. The van der Waals surface area contributed by atoms with Crippen molar-refractivity contribution >= 4 is 21.4 Å². The van der Waals surface area contributed by atoms with Gasteiger partial charge in [0.05, 0.1) is 22.4 Å². The molecule has 7 heteroatoms. The van der Waals surface area contributed by atoms with Gasteiger partial charge >= 0.3 is 0 Å². The molecule has 0 aliphatic carbocycles. The molecule has 1 unspecified atom stereocenters. The highest BCUT2D eigenvalue weighted by molar-refractivity contribution is 7.89. The first-order valence-corrected chi connectivity index (χ1v) is 7.16. The van der Waals surface area contributed by atoms with E-state index in [1.54, 1.807) is 13.2 Å². The third kappa shape index (κ3) is 2.58. The van der Waals surface area contributed by atoms with E-state index in [0.717, 1.165) is 13.0 Å². The number of methoxy groups -OCH3 is 1. The fourth-order valence-corrected chi connectivity index (χ4v) is 2.65. The Morgan fingerprint density at radius 2 is 2.17 bits per heavy atom. The zero-order chi connectivity index (χ0) is 13.3. The van der Waals surface area contributed by atoms with Crippen molar-refractivity contribution in [1.82, 2.24) is 0 Å². The Morgan fingerprint density at radius 3 is 2.72 bits per heavy atom. The van der Waals surface area contributed by atoms with Crippen molar-refractivity contribution in [1.29, 1.82) is 0 Å². The van der Waals surface area contributed by atoms with Crippen molar-refractivity contribution < 1.29 is 13.2 Å². The van der Waals surface area contributed by atoms with Crippen molar-refractivity contribution in [3.05, 3.63) is 18.2 Å². The highest BCUT2D eigenvalue weighted by Crippen LogP contribution is 2.29. The van der Waals surface area contributed by atoms with E-state index in [0.29, 0.717) is 17.9 Å². The SMILES string of the molecule is COC1CCN(c2cc(S(N)(=O)=O)ccc2N)C1. The molecule has 1 fully saturated rings. The minimum Gasteiger partial charge on any atom is -0.397 e. The quantitative estimate of drug-likeness (QED) is 0.762. The molecule has 18 heavy (non-hydrogen) atoms. The molecule has 2 rings (SSSR count). The molecule has 100 valence electrons. The van der Waals surface area contributed by atoms with Gasteiger partial charge in [-0.3, -0.25) is 0 Å². The van der Waals surface area contributed by atoms with E-state index in [4.69, 9.17) is 15.6 Å². The van der Waals surface area contributed by atoms with Crippen LogP contribution in [-0.4, -0.2) is 34.7 Å². The number of anilines is 2. The van der Waals surface area contributed by atoms with E-state index >= 15 is 0 Å². The van der Waals surface area contributed by atoms with Crippen molar-refractivity contribution in [3.8, 4) is 0 Å². The Morgan fingerprint density at radius 1 is 1.44 bits per heavy atom. The lowest BCUT2D eigenvalue weighted by Gasteiger charge is -2.20. The zero-order valence-corrected chi connectivity index (χ0v) is 11.0. The number of primary sulfonamides is 1. The number of nitrogens with zero attached hydrogens (tertiary/aromatic N) is 1. The summed E-state index contributed by atoms with van der Waals surface area (Å²) in [5.41, 5.74) is 7.12. The average molecular weight is 271 g/mol. The number of ether oxygens (including phenoxy) is 1. The van der Waals surface area contributed by atoms with Crippen LogP contribution >= 0.6 is 0 Å². The second-order valence-electron chi connectivity index (χ2n) is 4.36. The Labute approximate surface area is 107 Å². The first-order valence-electron chi connectivity index (χ1n) is 5.62. The van der Waals surface area contributed by atoms with Crippen molar-refractivity contribution in [3.63, 3.8) is 0 Å². The lowest BCUT2D eigenvalue weighted by Crippen LogP contribution is -2.23. The van der Waals surface area contributed by atoms with Gasteiger partial charge < -0.3 is 15.4 Å². The number of rotatable bonds is 3. The molecule has 0 saturated carbocycles. The number of sulfonamides is 1. The highest BCUT2D eigenvalue weighted by Gasteiger charge is 2.24. The molecule has 6 nitrogen and oxygen atoms in total. The van der Waals surface area contributed by atoms with Gasteiger partial charge in [-0.15, -0.1) is 0 Å². The summed E-state index contributed by atoms with van der Waals surface area (Å²) in [6.07, 6.45) is 1.05. The summed E-state index contributed by atoms with van der Waals surface area (Å²) < 4.78 is 27.9. The predicted molar refractivity (Wildman–Crippen MR) is 69.9 cm³/mol. The van der Waals surface area contributed by atoms with E-state index in [1.165, 1.54) is 12.1 Å². The van der Waals surface area contributed by atoms with E-state index in [1.807, 2.05) is 4.90 Å². The van der Waals surface area contributed by atoms with Gasteiger partial charge in [0.15, 0.2) is 0 Å². The first kappa shape index (κ1) is 13.1. The minimum absolute atomic E-state index is 0.0765. The van der Waals surface area contributed by atoms with Crippen LogP contribution in [0.5, 0.6) is 0 Å². The summed E-state index contributed by atoms with van der Waals surface area (Å²) in [4.78, 5) is 2.09. The van der Waals surface area contributed by atoms with Crippen LogP contribution in [0.3, 0.4) is 0 Å². The lowest BCUT2D eigenvalue weighted by atomic mass is 10.2. The Kier molecular flexibility index (Phi) is 3.47. The molecular formula is C11H17N3O3S. The van der Waals surface area contributed by atoms with Gasteiger partial charge in [0, 0.05) is 20.2 Å². The molecular weight excluding hydrogens is 254 g/mol. The second-order valence-corrected chi connectivity index (χ2v) is 5.92. The van der Waals surface area contributed by atoms with Gasteiger partial charge in [0.25, 0.3) is 0 Å². The topological polar surface area (TPSA) is 98.6 Å². The zero-order valence-electron chi connectivity index (χ0n) is 10.2. The first-order chi connectivity index (χ1) is 8.41. The van der Waals surface area contributed by atoms with E-state index in [2.05, 4.69) is 0 Å². The van der Waals surface area contributed by atoms with Gasteiger partial charge in [-0.2, -0.15) is 0 Å². The van der Waals surface area contributed by atoms with Crippen LogP contribution in [0.15, 0.2) is 23.1 Å². The Hall–Kier alpha value is -1.31. The van der Waals surface area contributed by atoms with Crippen LogP contribution in [-0.2, 0) is 14.8 Å². The fourth-order valence-electron chi connectivity index (χ4n) is 2.11. The monoisotopic (exact) mass is 271 g/mol. The van der Waals surface area contributed by atoms with Gasteiger partial charge in [0.1, 0.15) is 0 Å². The molecule has 1 aromatic carbocycles. The summed E-state index contributed by atoms with van der Waals surface area (Å²) in [6, 6.07) is 4.50. The van der Waals surface area contributed by atoms with Crippen molar-refractivity contribution in [2.24, 2.45) is 5.14 Å². The summed E-state index contributed by atoms with van der Waals surface area (Å²) in [7, 11) is -2.04. The maximum Gasteiger partial charge on any atom is 0.238 e. The normalized spacial score (nSPS) is 20.3. The highest BCUT2D eigenvalue weighted by atomic mass is 32.2.